The topological polar surface area (TPSA) is 64.8 Å². The first-order chi connectivity index (χ1) is 10.3. The Balaban J connectivity index is 2.27. The number of aromatic nitrogens is 3. The second-order valence-corrected chi connectivity index (χ2v) is 7.96. The number of fused-ring (bicyclic) bond motifs is 1. The van der Waals surface area contributed by atoms with Crippen LogP contribution in [-0.2, 0) is 10.0 Å². The van der Waals surface area contributed by atoms with E-state index in [1.165, 1.54) is 0 Å². The summed E-state index contributed by atoms with van der Waals surface area (Å²) in [6.45, 7) is 3.66. The molecule has 0 aliphatic carbocycles. The minimum absolute atomic E-state index is 0.187. The number of aryl methyl sites for hydroxylation is 2. The minimum Gasteiger partial charge on any atom is -0.199 e. The lowest BCUT2D eigenvalue weighted by atomic mass is 10.2. The molecule has 0 aliphatic rings. The Kier molecular flexibility index (Phi) is 3.74. The fourth-order valence-electron chi connectivity index (χ4n) is 2.23. The Morgan fingerprint density at radius 3 is 2.59 bits per heavy atom. The predicted molar refractivity (Wildman–Crippen MR) is 88.7 cm³/mol. The van der Waals surface area contributed by atoms with Gasteiger partial charge in [-0.3, -0.25) is 0 Å². The molecule has 0 atom stereocenters. The van der Waals surface area contributed by atoms with E-state index in [4.69, 9.17) is 11.6 Å². The molecule has 0 aliphatic heterocycles. The van der Waals surface area contributed by atoms with Crippen LogP contribution in [0.4, 0.5) is 0 Å². The molecule has 0 bridgehead atoms. The van der Waals surface area contributed by atoms with E-state index in [1.54, 1.807) is 31.2 Å². The molecule has 22 heavy (non-hydrogen) atoms. The number of benzene rings is 2. The van der Waals surface area contributed by atoms with Crippen molar-refractivity contribution in [3.8, 4) is 0 Å². The van der Waals surface area contributed by atoms with Gasteiger partial charge in [0.2, 0.25) is 0 Å². The molecule has 5 nitrogen and oxygen atoms in total. The van der Waals surface area contributed by atoms with Crippen molar-refractivity contribution in [2.45, 2.75) is 18.7 Å². The van der Waals surface area contributed by atoms with Crippen molar-refractivity contribution >= 4 is 48.6 Å². The largest absolute Gasteiger partial charge is 0.285 e. The molecule has 0 amide bonds. The highest BCUT2D eigenvalue weighted by Crippen LogP contribution is 2.27. The van der Waals surface area contributed by atoms with Crippen LogP contribution in [0.2, 0.25) is 5.02 Å². The van der Waals surface area contributed by atoms with Crippen molar-refractivity contribution in [3.63, 3.8) is 0 Å². The fraction of sp³-hybridized carbons (Fsp3) is 0.143. The lowest BCUT2D eigenvalue weighted by molar-refractivity contribution is 0.579. The van der Waals surface area contributed by atoms with Gasteiger partial charge in [0.25, 0.3) is 10.0 Å². The van der Waals surface area contributed by atoms with Gasteiger partial charge in [-0.05, 0) is 49.2 Å². The maximum Gasteiger partial charge on any atom is 0.285 e. The van der Waals surface area contributed by atoms with Crippen LogP contribution in [0.15, 0.2) is 39.7 Å². The second-order valence-electron chi connectivity index (χ2n) is 4.94. The Bertz CT molecular complexity index is 999. The van der Waals surface area contributed by atoms with E-state index in [-0.39, 0.29) is 4.90 Å². The van der Waals surface area contributed by atoms with Gasteiger partial charge < -0.3 is 0 Å². The molecular weight excluding hydrogens is 390 g/mol. The number of halogens is 2. The van der Waals surface area contributed by atoms with Gasteiger partial charge in [-0.2, -0.15) is 8.42 Å². The highest BCUT2D eigenvalue weighted by Gasteiger charge is 2.24. The van der Waals surface area contributed by atoms with Crippen molar-refractivity contribution < 1.29 is 8.42 Å². The third-order valence-corrected chi connectivity index (χ3v) is 6.15. The van der Waals surface area contributed by atoms with E-state index in [2.05, 4.69) is 26.2 Å². The van der Waals surface area contributed by atoms with E-state index in [9.17, 15) is 8.42 Å². The van der Waals surface area contributed by atoms with E-state index < -0.39 is 10.0 Å². The fourth-order valence-corrected chi connectivity index (χ4v) is 4.36. The van der Waals surface area contributed by atoms with Crippen LogP contribution >= 0.6 is 27.5 Å². The summed E-state index contributed by atoms with van der Waals surface area (Å²) >= 11 is 9.26. The average Bonchev–Trinajstić information content (AvgIpc) is 2.86. The summed E-state index contributed by atoms with van der Waals surface area (Å²) in [5.74, 6) is 0. The monoisotopic (exact) mass is 399 g/mol. The van der Waals surface area contributed by atoms with Gasteiger partial charge in [0.15, 0.2) is 0 Å². The zero-order valence-electron chi connectivity index (χ0n) is 11.7. The van der Waals surface area contributed by atoms with Crippen molar-refractivity contribution in [2.75, 3.05) is 0 Å². The molecule has 3 rings (SSSR count). The Labute approximate surface area is 141 Å². The molecule has 0 fully saturated rings. The number of rotatable bonds is 2. The van der Waals surface area contributed by atoms with Crippen LogP contribution in [-0.4, -0.2) is 22.8 Å². The maximum absolute atomic E-state index is 12.9. The van der Waals surface area contributed by atoms with E-state index >= 15 is 0 Å². The van der Waals surface area contributed by atoms with Gasteiger partial charge in [0.05, 0.1) is 4.90 Å². The Hall–Kier alpha value is -1.44. The molecular formula is C14H11BrClN3O2S. The van der Waals surface area contributed by atoms with Crippen LogP contribution in [0.3, 0.4) is 0 Å². The first-order valence-corrected chi connectivity index (χ1v) is 8.95. The predicted octanol–water partition coefficient (Wildman–Crippen LogP) is 3.70. The molecule has 0 radical (unpaired) electrons. The first-order valence-electron chi connectivity index (χ1n) is 6.34. The summed E-state index contributed by atoms with van der Waals surface area (Å²) in [6.07, 6.45) is 0. The van der Waals surface area contributed by atoms with Crippen molar-refractivity contribution in [2.24, 2.45) is 0 Å². The van der Waals surface area contributed by atoms with Crippen molar-refractivity contribution in [1.82, 2.24) is 14.4 Å². The van der Waals surface area contributed by atoms with Crippen LogP contribution in [0, 0.1) is 13.8 Å². The summed E-state index contributed by atoms with van der Waals surface area (Å²) < 4.78 is 27.4. The third-order valence-electron chi connectivity index (χ3n) is 3.34. The molecule has 0 spiro atoms. The lowest BCUT2D eigenvalue weighted by Crippen LogP contribution is -2.16. The average molecular weight is 401 g/mol. The second kappa shape index (κ2) is 5.33. The summed E-state index contributed by atoms with van der Waals surface area (Å²) in [5.41, 5.74) is 2.44. The Morgan fingerprint density at radius 2 is 1.86 bits per heavy atom. The molecule has 1 aromatic heterocycles. The van der Waals surface area contributed by atoms with Gasteiger partial charge in [-0.15, -0.1) is 9.19 Å². The van der Waals surface area contributed by atoms with Gasteiger partial charge in [0.1, 0.15) is 11.0 Å². The highest BCUT2D eigenvalue weighted by atomic mass is 79.9. The summed E-state index contributed by atoms with van der Waals surface area (Å²) in [4.78, 5) is 0.187. The summed E-state index contributed by atoms with van der Waals surface area (Å²) in [6, 6.07) is 8.18. The maximum atomic E-state index is 12.9. The Morgan fingerprint density at radius 1 is 1.14 bits per heavy atom. The van der Waals surface area contributed by atoms with Gasteiger partial charge in [-0.25, -0.2) is 0 Å². The minimum atomic E-state index is -3.84. The van der Waals surface area contributed by atoms with Crippen LogP contribution < -0.4 is 0 Å². The lowest BCUT2D eigenvalue weighted by Gasteiger charge is -2.10. The zero-order valence-corrected chi connectivity index (χ0v) is 14.9. The number of hydrogen-bond donors (Lipinski definition) is 0. The summed E-state index contributed by atoms with van der Waals surface area (Å²) in [5, 5.41) is 8.14. The quantitative estimate of drug-likeness (QED) is 0.658. The molecule has 0 saturated carbocycles. The SMILES string of the molecule is Cc1cc(C)c(S(=O)(=O)n2nnc3cc(Cl)ccc32)cc1Br. The van der Waals surface area contributed by atoms with Gasteiger partial charge in [-0.1, -0.05) is 38.8 Å². The normalized spacial score (nSPS) is 12.0. The third kappa shape index (κ3) is 2.43. The summed E-state index contributed by atoms with van der Waals surface area (Å²) in [7, 11) is -3.84. The zero-order chi connectivity index (χ0) is 16.1. The first kappa shape index (κ1) is 15.5. The molecule has 0 saturated heterocycles. The highest BCUT2D eigenvalue weighted by molar-refractivity contribution is 9.10. The molecule has 2 aromatic carbocycles. The smallest absolute Gasteiger partial charge is 0.199 e. The number of hydrogen-bond acceptors (Lipinski definition) is 4. The standard InChI is InChI=1S/C14H11BrClN3O2S/c1-8-5-9(2)14(7-11(8)15)22(20,21)19-13-4-3-10(16)6-12(13)17-18-19/h3-7H,1-2H3. The molecule has 0 unspecified atom stereocenters. The molecule has 1 heterocycles. The van der Waals surface area contributed by atoms with Crippen LogP contribution in [0.1, 0.15) is 11.1 Å². The molecule has 0 N–H and O–H groups in total. The molecule has 3 aromatic rings. The van der Waals surface area contributed by atoms with Crippen molar-refractivity contribution in [3.05, 3.63) is 51.0 Å². The van der Waals surface area contributed by atoms with E-state index in [0.29, 0.717) is 21.6 Å². The van der Waals surface area contributed by atoms with Crippen molar-refractivity contribution in [1.29, 1.82) is 0 Å². The molecule has 114 valence electrons. The van der Waals surface area contributed by atoms with E-state index in [1.807, 2.05) is 13.0 Å². The van der Waals surface area contributed by atoms with Crippen LogP contribution in [0.25, 0.3) is 11.0 Å². The number of nitrogens with zero attached hydrogens (tertiary/aromatic N) is 3. The van der Waals surface area contributed by atoms with Gasteiger partial charge in [0, 0.05) is 9.50 Å². The van der Waals surface area contributed by atoms with Gasteiger partial charge >= 0.3 is 0 Å². The van der Waals surface area contributed by atoms with E-state index in [0.717, 1.165) is 14.1 Å². The van der Waals surface area contributed by atoms with Crippen LogP contribution in [0.5, 0.6) is 0 Å². The molecule has 8 heteroatoms.